The van der Waals surface area contributed by atoms with Crippen molar-refractivity contribution in [2.75, 3.05) is 7.05 Å². The van der Waals surface area contributed by atoms with Crippen molar-refractivity contribution in [2.45, 2.75) is 18.0 Å². The van der Waals surface area contributed by atoms with Crippen molar-refractivity contribution in [3.05, 3.63) is 58.3 Å². The van der Waals surface area contributed by atoms with Gasteiger partial charge in [-0.05, 0) is 52.8 Å². The van der Waals surface area contributed by atoms with Crippen LogP contribution in [0.3, 0.4) is 0 Å². The molecule has 5 nitrogen and oxygen atoms in total. The molecule has 2 rings (SSSR count). The lowest BCUT2D eigenvalue weighted by atomic mass is 10.2. The molecule has 7 heteroatoms. The minimum atomic E-state index is -3.59. The maximum Gasteiger partial charge on any atom is 0.242 e. The van der Waals surface area contributed by atoms with Crippen LogP contribution in [0.1, 0.15) is 11.3 Å². The summed E-state index contributed by atoms with van der Waals surface area (Å²) in [6, 6.07) is 10.6. The van der Waals surface area contributed by atoms with E-state index in [0.29, 0.717) is 16.7 Å². The number of hydrogen-bond donors (Lipinski definition) is 2. The highest BCUT2D eigenvalue weighted by Crippen LogP contribution is 2.23. The van der Waals surface area contributed by atoms with E-state index >= 15 is 0 Å². The van der Waals surface area contributed by atoms with Gasteiger partial charge in [0.05, 0.1) is 17.1 Å². The summed E-state index contributed by atoms with van der Waals surface area (Å²) >= 11 is 3.29. The number of pyridine rings is 1. The molecule has 0 amide bonds. The van der Waals surface area contributed by atoms with E-state index in [1.165, 1.54) is 0 Å². The smallest absolute Gasteiger partial charge is 0.242 e. The highest BCUT2D eigenvalue weighted by Gasteiger charge is 2.18. The van der Waals surface area contributed by atoms with Gasteiger partial charge in [0.2, 0.25) is 10.0 Å². The average molecular weight is 370 g/mol. The SMILES string of the molecule is CNCc1ccc(Br)c(S(=O)(=O)NCc2ccccn2)c1. The minimum absolute atomic E-state index is 0.159. The van der Waals surface area contributed by atoms with E-state index in [0.717, 1.165) is 5.56 Å². The van der Waals surface area contributed by atoms with Gasteiger partial charge in [-0.15, -0.1) is 0 Å². The van der Waals surface area contributed by atoms with Gasteiger partial charge in [0.1, 0.15) is 0 Å². The van der Waals surface area contributed by atoms with E-state index < -0.39 is 10.0 Å². The second-order valence-electron chi connectivity index (χ2n) is 4.44. The maximum absolute atomic E-state index is 12.4. The lowest BCUT2D eigenvalue weighted by molar-refractivity contribution is 0.579. The van der Waals surface area contributed by atoms with E-state index in [1.807, 2.05) is 19.2 Å². The highest BCUT2D eigenvalue weighted by molar-refractivity contribution is 9.10. The molecule has 2 N–H and O–H groups in total. The summed E-state index contributed by atoms with van der Waals surface area (Å²) in [4.78, 5) is 4.32. The monoisotopic (exact) mass is 369 g/mol. The third-order valence-corrected chi connectivity index (χ3v) is 5.23. The van der Waals surface area contributed by atoms with Gasteiger partial charge in [-0.25, -0.2) is 13.1 Å². The number of nitrogens with one attached hydrogen (secondary N) is 2. The topological polar surface area (TPSA) is 71.1 Å². The molecule has 1 aromatic carbocycles. The largest absolute Gasteiger partial charge is 0.316 e. The summed E-state index contributed by atoms with van der Waals surface area (Å²) in [5, 5.41) is 3.00. The second kappa shape index (κ2) is 7.13. The molecule has 0 aliphatic heterocycles. The lowest BCUT2D eigenvalue weighted by Gasteiger charge is -2.10. The Kier molecular flexibility index (Phi) is 5.46. The molecule has 0 aliphatic rings. The Bertz CT molecular complexity index is 705. The molecule has 2 aromatic rings. The Hall–Kier alpha value is -1.28. The van der Waals surface area contributed by atoms with Gasteiger partial charge >= 0.3 is 0 Å². The number of nitrogens with zero attached hydrogens (tertiary/aromatic N) is 1. The summed E-state index contributed by atoms with van der Waals surface area (Å²) in [6.07, 6.45) is 1.63. The molecule has 0 atom stereocenters. The van der Waals surface area contributed by atoms with Crippen LogP contribution in [-0.4, -0.2) is 20.4 Å². The van der Waals surface area contributed by atoms with Gasteiger partial charge in [0.15, 0.2) is 0 Å². The van der Waals surface area contributed by atoms with Crippen molar-refractivity contribution >= 4 is 26.0 Å². The van der Waals surface area contributed by atoms with Crippen LogP contribution in [0.4, 0.5) is 0 Å². The quantitative estimate of drug-likeness (QED) is 0.817. The molecule has 0 saturated carbocycles. The van der Waals surface area contributed by atoms with Crippen molar-refractivity contribution in [3.63, 3.8) is 0 Å². The molecule has 0 unspecified atom stereocenters. The molecule has 112 valence electrons. The molecule has 0 radical (unpaired) electrons. The zero-order valence-electron chi connectivity index (χ0n) is 11.5. The molecular weight excluding hydrogens is 354 g/mol. The van der Waals surface area contributed by atoms with Crippen LogP contribution in [0.15, 0.2) is 52.0 Å². The van der Waals surface area contributed by atoms with Crippen LogP contribution in [0.5, 0.6) is 0 Å². The summed E-state index contributed by atoms with van der Waals surface area (Å²) in [6.45, 7) is 0.766. The van der Waals surface area contributed by atoms with Crippen LogP contribution in [0.25, 0.3) is 0 Å². The third kappa shape index (κ3) is 4.34. The molecule has 0 bridgehead atoms. The summed E-state index contributed by atoms with van der Waals surface area (Å²) < 4.78 is 27.9. The molecule has 1 aromatic heterocycles. The number of sulfonamides is 1. The van der Waals surface area contributed by atoms with Crippen LogP contribution in [-0.2, 0) is 23.1 Å². The number of benzene rings is 1. The van der Waals surface area contributed by atoms with Crippen molar-refractivity contribution in [1.29, 1.82) is 0 Å². The van der Waals surface area contributed by atoms with Crippen LogP contribution >= 0.6 is 15.9 Å². The summed E-state index contributed by atoms with van der Waals surface area (Å²) in [5.74, 6) is 0. The van der Waals surface area contributed by atoms with Gasteiger partial charge < -0.3 is 5.32 Å². The lowest BCUT2D eigenvalue weighted by Crippen LogP contribution is -2.24. The number of aromatic nitrogens is 1. The fourth-order valence-electron chi connectivity index (χ4n) is 1.82. The number of rotatable bonds is 6. The number of hydrogen-bond acceptors (Lipinski definition) is 4. The van der Waals surface area contributed by atoms with E-state index in [2.05, 4.69) is 31.0 Å². The maximum atomic E-state index is 12.4. The van der Waals surface area contributed by atoms with Crippen molar-refractivity contribution < 1.29 is 8.42 Å². The fraction of sp³-hybridized carbons (Fsp3) is 0.214. The first-order valence-electron chi connectivity index (χ1n) is 6.35. The minimum Gasteiger partial charge on any atom is -0.316 e. The average Bonchev–Trinajstić information content (AvgIpc) is 2.48. The summed E-state index contributed by atoms with van der Waals surface area (Å²) in [7, 11) is -1.78. The predicted molar refractivity (Wildman–Crippen MR) is 85.2 cm³/mol. The predicted octanol–water partition coefficient (Wildman–Crippen LogP) is 2.04. The molecular formula is C14H16BrN3O2S. The molecule has 21 heavy (non-hydrogen) atoms. The highest BCUT2D eigenvalue weighted by atomic mass is 79.9. The van der Waals surface area contributed by atoms with Crippen molar-refractivity contribution in [3.8, 4) is 0 Å². The molecule has 0 saturated heterocycles. The standard InChI is InChI=1S/C14H16BrN3O2S/c1-16-9-11-5-6-13(15)14(8-11)21(19,20)18-10-12-4-2-3-7-17-12/h2-8,16,18H,9-10H2,1H3. The third-order valence-electron chi connectivity index (χ3n) is 2.84. The second-order valence-corrected chi connectivity index (χ2v) is 7.03. The Morgan fingerprint density at radius 2 is 2.00 bits per heavy atom. The van der Waals surface area contributed by atoms with E-state index in [4.69, 9.17) is 0 Å². The van der Waals surface area contributed by atoms with Crippen LogP contribution in [0.2, 0.25) is 0 Å². The Labute approximate surface area is 133 Å². The molecule has 0 fully saturated rings. The van der Waals surface area contributed by atoms with E-state index in [-0.39, 0.29) is 11.4 Å². The first kappa shape index (κ1) is 16.1. The Morgan fingerprint density at radius 3 is 2.67 bits per heavy atom. The van der Waals surface area contributed by atoms with E-state index in [1.54, 1.807) is 30.5 Å². The first-order chi connectivity index (χ1) is 10.0. The number of halogens is 1. The van der Waals surface area contributed by atoms with Crippen molar-refractivity contribution in [1.82, 2.24) is 15.0 Å². The zero-order valence-corrected chi connectivity index (χ0v) is 13.9. The molecule has 0 aliphatic carbocycles. The summed E-state index contributed by atoms with van der Waals surface area (Å²) in [5.41, 5.74) is 1.57. The van der Waals surface area contributed by atoms with Crippen LogP contribution < -0.4 is 10.0 Å². The fourth-order valence-corrected chi connectivity index (χ4v) is 3.83. The first-order valence-corrected chi connectivity index (χ1v) is 8.63. The molecule has 0 spiro atoms. The van der Waals surface area contributed by atoms with Gasteiger partial charge in [0, 0.05) is 17.2 Å². The molecule has 1 heterocycles. The van der Waals surface area contributed by atoms with Gasteiger partial charge in [-0.3, -0.25) is 4.98 Å². The van der Waals surface area contributed by atoms with Crippen molar-refractivity contribution in [2.24, 2.45) is 0 Å². The Morgan fingerprint density at radius 1 is 1.19 bits per heavy atom. The van der Waals surface area contributed by atoms with Crippen LogP contribution in [0, 0.1) is 0 Å². The van der Waals surface area contributed by atoms with E-state index in [9.17, 15) is 8.42 Å². The van der Waals surface area contributed by atoms with Gasteiger partial charge in [-0.1, -0.05) is 12.1 Å². The Balaban J connectivity index is 2.21. The van der Waals surface area contributed by atoms with Gasteiger partial charge in [0.25, 0.3) is 0 Å². The van der Waals surface area contributed by atoms with Gasteiger partial charge in [-0.2, -0.15) is 0 Å². The normalized spacial score (nSPS) is 11.5. The zero-order chi connectivity index (χ0) is 15.3.